The molecule has 0 aliphatic rings. The molecule has 0 saturated heterocycles. The van der Waals surface area contributed by atoms with Crippen LogP contribution < -0.4 is 0 Å². The maximum Gasteiger partial charge on any atom is 0.478 e. The van der Waals surface area contributed by atoms with Gasteiger partial charge in [0.1, 0.15) is 0 Å². The Bertz CT molecular complexity index is 157. The van der Waals surface area contributed by atoms with Crippen molar-refractivity contribution in [1.29, 1.82) is 0 Å². The third-order valence-electron chi connectivity index (χ3n) is 0.213. The minimum absolute atomic E-state index is 0. The molecule has 0 aliphatic heterocycles. The maximum absolute atomic E-state index is 9.63. The van der Waals surface area contributed by atoms with E-state index in [-0.39, 0.29) is 33.9 Å². The van der Waals surface area contributed by atoms with E-state index < -0.39 is 15.6 Å². The molecule has 0 atom stereocenters. The van der Waals surface area contributed by atoms with Gasteiger partial charge in [-0.05, 0) is 0 Å². The van der Waals surface area contributed by atoms with E-state index in [9.17, 15) is 9.13 Å². The van der Waals surface area contributed by atoms with Gasteiger partial charge >= 0.3 is 15.6 Å². The Labute approximate surface area is 82.7 Å². The van der Waals surface area contributed by atoms with Crippen LogP contribution in [0.15, 0.2) is 0 Å². The summed E-state index contributed by atoms with van der Waals surface area (Å²) in [5.74, 6) is 0. The molecule has 0 spiro atoms. The zero-order chi connectivity index (χ0) is 7.71. The normalized spacial score (nSPS) is 11.3. The van der Waals surface area contributed by atoms with Crippen LogP contribution in [-0.4, -0.2) is 36.9 Å². The fraction of sp³-hybridized carbons (Fsp3) is 0. The van der Waals surface area contributed by atoms with E-state index in [1.807, 2.05) is 0 Å². The predicted molar refractivity (Wildman–Crippen MR) is 35.1 cm³/mol. The molecule has 0 heterocycles. The zero-order valence-electron chi connectivity index (χ0n) is 4.22. The van der Waals surface area contributed by atoms with Crippen LogP contribution >= 0.6 is 15.6 Å². The van der Waals surface area contributed by atoms with Crippen molar-refractivity contribution in [1.82, 2.24) is 0 Å². The van der Waals surface area contributed by atoms with E-state index >= 15 is 0 Å². The molecular formula is H7AlNiO7P2. The number of phosphoric acid groups is 2. The number of hydrogen-bond acceptors (Lipinski definition) is 3. The Morgan fingerprint density at radius 1 is 0.909 bits per heavy atom. The average molecular weight is 267 g/mol. The SMILES string of the molecule is O=P(O)(O)OP(=O)(O)O.[AlH3].[Ni]. The molecule has 0 saturated carbocycles. The van der Waals surface area contributed by atoms with E-state index in [1.165, 1.54) is 0 Å². The summed E-state index contributed by atoms with van der Waals surface area (Å²) in [5, 5.41) is 0. The molecule has 0 radical (unpaired) electrons. The van der Waals surface area contributed by atoms with Crippen molar-refractivity contribution in [2.75, 3.05) is 0 Å². The van der Waals surface area contributed by atoms with Gasteiger partial charge in [-0.2, -0.15) is 4.31 Å². The van der Waals surface area contributed by atoms with Crippen molar-refractivity contribution in [3.05, 3.63) is 0 Å². The molecule has 0 aromatic rings. The summed E-state index contributed by atoms with van der Waals surface area (Å²) >= 11 is 0. The summed E-state index contributed by atoms with van der Waals surface area (Å²) in [6.07, 6.45) is 0. The fourth-order valence-corrected chi connectivity index (χ4v) is 1.25. The van der Waals surface area contributed by atoms with Crippen LogP contribution in [0.5, 0.6) is 0 Å². The van der Waals surface area contributed by atoms with E-state index in [4.69, 9.17) is 19.6 Å². The summed E-state index contributed by atoms with van der Waals surface area (Å²) in [5.41, 5.74) is 0. The van der Waals surface area contributed by atoms with Gasteiger partial charge in [-0.1, -0.05) is 0 Å². The van der Waals surface area contributed by atoms with Gasteiger partial charge in [0.15, 0.2) is 17.4 Å². The largest absolute Gasteiger partial charge is 0.478 e. The van der Waals surface area contributed by atoms with Crippen molar-refractivity contribution in [3.8, 4) is 0 Å². The van der Waals surface area contributed by atoms with Crippen molar-refractivity contribution in [3.63, 3.8) is 0 Å². The summed E-state index contributed by atoms with van der Waals surface area (Å²) in [6, 6.07) is 0. The van der Waals surface area contributed by atoms with E-state index in [0.29, 0.717) is 0 Å². The smallest absolute Gasteiger partial charge is 0.302 e. The van der Waals surface area contributed by atoms with Crippen molar-refractivity contribution >= 4 is 33.0 Å². The van der Waals surface area contributed by atoms with Crippen LogP contribution in [0.1, 0.15) is 0 Å². The topological polar surface area (TPSA) is 124 Å². The molecule has 7 nitrogen and oxygen atoms in total. The molecule has 0 aromatic carbocycles. The van der Waals surface area contributed by atoms with Gasteiger partial charge in [0.25, 0.3) is 0 Å². The molecule has 0 aliphatic carbocycles. The van der Waals surface area contributed by atoms with E-state index in [1.54, 1.807) is 0 Å². The molecule has 0 aromatic heterocycles. The van der Waals surface area contributed by atoms with Crippen molar-refractivity contribution in [2.24, 2.45) is 0 Å². The first-order valence-electron chi connectivity index (χ1n) is 1.53. The summed E-state index contributed by atoms with van der Waals surface area (Å²) in [6.45, 7) is 0. The van der Waals surface area contributed by atoms with Crippen LogP contribution in [0.25, 0.3) is 0 Å². The van der Waals surface area contributed by atoms with Crippen LogP contribution in [0.2, 0.25) is 0 Å². The minimum Gasteiger partial charge on any atom is -0.302 e. The Balaban J connectivity index is -0.000000320. The Morgan fingerprint density at radius 3 is 1.09 bits per heavy atom. The molecule has 4 N–H and O–H groups in total. The van der Waals surface area contributed by atoms with Gasteiger partial charge in [0, 0.05) is 16.5 Å². The van der Waals surface area contributed by atoms with Gasteiger partial charge in [0.2, 0.25) is 0 Å². The quantitative estimate of drug-likeness (QED) is 0.337. The number of rotatable bonds is 2. The van der Waals surface area contributed by atoms with Gasteiger partial charge in [-0.3, -0.25) is 0 Å². The molecule has 0 rings (SSSR count). The molecule has 11 heavy (non-hydrogen) atoms. The van der Waals surface area contributed by atoms with Crippen LogP contribution in [0.4, 0.5) is 0 Å². The third-order valence-corrected chi connectivity index (χ3v) is 1.91. The Hall–Kier alpha value is 1.29. The second kappa shape index (κ2) is 5.85. The standard InChI is InChI=1S/Al.Ni.H4O7P2.3H/c;;1-8(2,3)7-9(4,5)6;;;/h;;(H2,1,2,3)(H2,4,5,6);;;. The molecule has 11 heteroatoms. The molecular weight excluding hydrogens is 260 g/mol. The van der Waals surface area contributed by atoms with Crippen molar-refractivity contribution in [2.45, 2.75) is 0 Å². The summed E-state index contributed by atoms with van der Waals surface area (Å²) in [7, 11) is -10.1. The summed E-state index contributed by atoms with van der Waals surface area (Å²) < 4.78 is 22.2. The Morgan fingerprint density at radius 2 is 1.09 bits per heavy atom. The first-order valence-corrected chi connectivity index (χ1v) is 4.59. The first kappa shape index (κ1) is 18.1. The predicted octanol–water partition coefficient (Wildman–Crippen LogP) is -2.00. The molecule has 0 unspecified atom stereocenters. The second-order valence-corrected chi connectivity index (χ2v) is 3.68. The van der Waals surface area contributed by atoms with Gasteiger partial charge < -0.3 is 19.6 Å². The maximum atomic E-state index is 9.63. The number of hydrogen-bond donors (Lipinski definition) is 4. The van der Waals surface area contributed by atoms with Crippen LogP contribution in [-0.2, 0) is 29.9 Å². The fourth-order valence-electron chi connectivity index (χ4n) is 0.139. The minimum atomic E-state index is -5.05. The van der Waals surface area contributed by atoms with Gasteiger partial charge in [0.05, 0.1) is 0 Å². The Kier molecular flexibility index (Phi) is 9.65. The first-order chi connectivity index (χ1) is 3.71. The molecule has 0 amide bonds. The van der Waals surface area contributed by atoms with Gasteiger partial charge in [-0.15, -0.1) is 0 Å². The van der Waals surface area contributed by atoms with E-state index in [2.05, 4.69) is 4.31 Å². The van der Waals surface area contributed by atoms with E-state index in [0.717, 1.165) is 0 Å². The molecule has 0 bridgehead atoms. The summed E-state index contributed by atoms with van der Waals surface area (Å²) in [4.78, 5) is 31.0. The average Bonchev–Trinajstić information content (AvgIpc) is 1.14. The second-order valence-electron chi connectivity index (χ2n) is 1.06. The molecule has 72 valence electrons. The zero-order valence-corrected chi connectivity index (χ0v) is 7.00. The van der Waals surface area contributed by atoms with Crippen LogP contribution in [0, 0.1) is 0 Å². The molecule has 0 fully saturated rings. The van der Waals surface area contributed by atoms with Crippen molar-refractivity contribution < 1.29 is 49.5 Å². The monoisotopic (exact) mass is 266 g/mol. The third kappa shape index (κ3) is 18.3. The van der Waals surface area contributed by atoms with Gasteiger partial charge in [-0.25, -0.2) is 9.13 Å². The van der Waals surface area contributed by atoms with Crippen LogP contribution in [0.3, 0.4) is 0 Å².